The van der Waals surface area contributed by atoms with E-state index in [-0.39, 0.29) is 17.0 Å². The first-order valence-electron chi connectivity index (χ1n) is 9.41. The number of aromatic nitrogens is 3. The predicted molar refractivity (Wildman–Crippen MR) is 119 cm³/mol. The first kappa shape index (κ1) is 21.5. The first-order valence-corrected chi connectivity index (χ1v) is 12.0. The molecule has 2 atom stereocenters. The van der Waals surface area contributed by atoms with E-state index in [2.05, 4.69) is 31.2 Å². The van der Waals surface area contributed by atoms with E-state index in [1.54, 1.807) is 17.8 Å². The molecule has 0 bridgehead atoms. The fourth-order valence-electron chi connectivity index (χ4n) is 3.63. The average Bonchev–Trinajstić information content (AvgIpc) is 3.35. The van der Waals surface area contributed by atoms with Gasteiger partial charge in [-0.25, -0.2) is 13.4 Å². The molecule has 1 aromatic carbocycles. The van der Waals surface area contributed by atoms with Gasteiger partial charge in [0.1, 0.15) is 0 Å². The van der Waals surface area contributed by atoms with Gasteiger partial charge in [-0.15, -0.1) is 0 Å². The van der Waals surface area contributed by atoms with Gasteiger partial charge in [-0.2, -0.15) is 4.31 Å². The van der Waals surface area contributed by atoms with Crippen LogP contribution in [0.2, 0.25) is 5.02 Å². The molecule has 0 amide bonds. The van der Waals surface area contributed by atoms with E-state index < -0.39 is 10.0 Å². The molecule has 7 nitrogen and oxygen atoms in total. The van der Waals surface area contributed by atoms with Crippen LogP contribution in [0.4, 0.5) is 0 Å². The molecule has 0 saturated carbocycles. The highest BCUT2D eigenvalue weighted by atomic mass is 79.9. The summed E-state index contributed by atoms with van der Waals surface area (Å²) in [5, 5.41) is 4.24. The molecule has 0 radical (unpaired) electrons. The lowest BCUT2D eigenvalue weighted by atomic mass is 9.99. The maximum absolute atomic E-state index is 13.1. The Morgan fingerprint density at radius 1 is 1.23 bits per heavy atom. The number of hydrogen-bond acceptors (Lipinski definition) is 5. The summed E-state index contributed by atoms with van der Waals surface area (Å²) in [6.45, 7) is 1.25. The molecule has 1 fully saturated rings. The molecule has 3 heterocycles. The molecular formula is C20H21BrClN5O2S. The van der Waals surface area contributed by atoms with Crippen molar-refractivity contribution in [1.29, 1.82) is 0 Å². The van der Waals surface area contributed by atoms with Crippen molar-refractivity contribution < 1.29 is 8.42 Å². The topological polar surface area (TPSA) is 80.1 Å². The highest BCUT2D eigenvalue weighted by Crippen LogP contribution is 2.31. The summed E-state index contributed by atoms with van der Waals surface area (Å²) in [4.78, 5) is 8.53. The summed E-state index contributed by atoms with van der Waals surface area (Å²) in [7, 11) is -1.93. The largest absolute Gasteiger partial charge is 0.339 e. The third-order valence-electron chi connectivity index (χ3n) is 5.21. The van der Waals surface area contributed by atoms with Gasteiger partial charge in [-0.05, 0) is 29.8 Å². The Balaban J connectivity index is 1.58. The number of hydrogen-bond donors (Lipinski definition) is 1. The third-order valence-corrected chi connectivity index (χ3v) is 7.90. The van der Waals surface area contributed by atoms with Gasteiger partial charge in [-0.1, -0.05) is 39.7 Å². The van der Waals surface area contributed by atoms with Gasteiger partial charge in [0.15, 0.2) is 5.03 Å². The van der Waals surface area contributed by atoms with Crippen LogP contribution < -0.4 is 5.32 Å². The number of halogens is 2. The van der Waals surface area contributed by atoms with Crippen molar-refractivity contribution in [3.63, 3.8) is 0 Å². The second kappa shape index (κ2) is 8.76. The second-order valence-corrected chi connectivity index (χ2v) is 10.5. The van der Waals surface area contributed by atoms with Crippen LogP contribution in [0.5, 0.6) is 0 Å². The molecule has 1 aliphatic heterocycles. The Labute approximate surface area is 189 Å². The summed E-state index contributed by atoms with van der Waals surface area (Å²) < 4.78 is 30.3. The van der Waals surface area contributed by atoms with Gasteiger partial charge in [0, 0.05) is 66.2 Å². The zero-order valence-electron chi connectivity index (χ0n) is 16.2. The lowest BCUT2D eigenvalue weighted by molar-refractivity contribution is 0.453. The molecule has 0 unspecified atom stereocenters. The predicted octanol–water partition coefficient (Wildman–Crippen LogP) is 3.18. The van der Waals surface area contributed by atoms with Crippen molar-refractivity contribution in [2.45, 2.75) is 23.5 Å². The molecule has 0 spiro atoms. The van der Waals surface area contributed by atoms with E-state index in [9.17, 15) is 8.42 Å². The lowest BCUT2D eigenvalue weighted by Crippen LogP contribution is -2.36. The van der Waals surface area contributed by atoms with Crippen LogP contribution in [0.25, 0.3) is 0 Å². The van der Waals surface area contributed by atoms with E-state index in [0.29, 0.717) is 24.7 Å². The van der Waals surface area contributed by atoms with Gasteiger partial charge in [0.25, 0.3) is 10.0 Å². The fraction of sp³-hybridized carbons (Fsp3) is 0.300. The quantitative estimate of drug-likeness (QED) is 0.551. The number of pyridine rings is 1. The maximum Gasteiger partial charge on any atom is 0.262 e. The number of rotatable bonds is 6. The highest BCUT2D eigenvalue weighted by Gasteiger charge is 2.41. The molecule has 30 heavy (non-hydrogen) atoms. The monoisotopic (exact) mass is 509 g/mol. The Bertz CT molecular complexity index is 1140. The van der Waals surface area contributed by atoms with Crippen molar-refractivity contribution in [3.05, 3.63) is 75.9 Å². The van der Waals surface area contributed by atoms with E-state index in [1.165, 1.54) is 16.8 Å². The normalized spacial score (nSPS) is 20.0. The Morgan fingerprint density at radius 2 is 2.07 bits per heavy atom. The smallest absolute Gasteiger partial charge is 0.262 e. The number of benzene rings is 1. The van der Waals surface area contributed by atoms with Gasteiger partial charge in [-0.3, -0.25) is 4.98 Å². The van der Waals surface area contributed by atoms with Crippen molar-refractivity contribution in [3.8, 4) is 0 Å². The summed E-state index contributed by atoms with van der Waals surface area (Å²) in [5.41, 5.74) is 1.91. The SMILES string of the molecule is Cn1cnc(S(=O)(=O)N2C[C@@H](NCc3ccc(Cl)cc3Br)[C@H](c3ccccn3)C2)c1. The van der Waals surface area contributed by atoms with Crippen LogP contribution in [-0.4, -0.2) is 46.4 Å². The van der Waals surface area contributed by atoms with Crippen molar-refractivity contribution in [2.75, 3.05) is 13.1 Å². The third kappa shape index (κ3) is 4.45. The van der Waals surface area contributed by atoms with Gasteiger partial charge in [0.05, 0.1) is 6.33 Å². The van der Waals surface area contributed by atoms with Crippen LogP contribution in [-0.2, 0) is 23.6 Å². The minimum absolute atomic E-state index is 0.0610. The molecule has 2 aromatic heterocycles. The van der Waals surface area contributed by atoms with E-state index in [4.69, 9.17) is 11.6 Å². The summed E-state index contributed by atoms with van der Waals surface area (Å²) in [5.74, 6) is -0.0734. The summed E-state index contributed by atoms with van der Waals surface area (Å²) >= 11 is 9.58. The summed E-state index contributed by atoms with van der Waals surface area (Å²) in [6, 6.07) is 11.3. The lowest BCUT2D eigenvalue weighted by Gasteiger charge is -2.20. The van der Waals surface area contributed by atoms with E-state index >= 15 is 0 Å². The van der Waals surface area contributed by atoms with Crippen LogP contribution in [0.3, 0.4) is 0 Å². The number of nitrogens with zero attached hydrogens (tertiary/aromatic N) is 4. The molecule has 158 valence electrons. The van der Waals surface area contributed by atoms with Crippen molar-refractivity contribution in [2.24, 2.45) is 7.05 Å². The van der Waals surface area contributed by atoms with Crippen LogP contribution >= 0.6 is 27.5 Å². The van der Waals surface area contributed by atoms with E-state index in [0.717, 1.165) is 15.7 Å². The number of sulfonamides is 1. The van der Waals surface area contributed by atoms with Crippen LogP contribution in [0, 0.1) is 0 Å². The second-order valence-electron chi connectivity index (χ2n) is 7.28. The van der Waals surface area contributed by atoms with Crippen LogP contribution in [0.1, 0.15) is 17.2 Å². The Kier molecular flexibility index (Phi) is 6.26. The molecule has 1 saturated heterocycles. The number of nitrogens with one attached hydrogen (secondary N) is 1. The molecular weight excluding hydrogens is 490 g/mol. The molecule has 1 aliphatic rings. The Hall–Kier alpha value is -1.78. The standard InChI is InChI=1S/C20H21BrClN5O2S/c1-26-12-20(25-13-26)30(28,29)27-10-16(18-4-2-3-7-23-18)19(11-27)24-9-14-5-6-15(22)8-17(14)21/h2-8,12-13,16,19,24H,9-11H2,1H3/t16-,19+/m0/s1. The fourth-order valence-corrected chi connectivity index (χ4v) is 5.91. The zero-order chi connectivity index (χ0) is 21.3. The Morgan fingerprint density at radius 3 is 2.73 bits per heavy atom. The van der Waals surface area contributed by atoms with Crippen LogP contribution in [0.15, 0.2) is 64.6 Å². The van der Waals surface area contributed by atoms with Gasteiger partial charge >= 0.3 is 0 Å². The van der Waals surface area contributed by atoms with Crippen molar-refractivity contribution >= 4 is 37.6 Å². The minimum Gasteiger partial charge on any atom is -0.339 e. The minimum atomic E-state index is -3.68. The first-order chi connectivity index (χ1) is 14.3. The van der Waals surface area contributed by atoms with E-state index in [1.807, 2.05) is 36.4 Å². The summed E-state index contributed by atoms with van der Waals surface area (Å²) in [6.07, 6.45) is 4.75. The molecule has 3 aromatic rings. The number of aryl methyl sites for hydroxylation is 1. The molecule has 0 aliphatic carbocycles. The molecule has 1 N–H and O–H groups in total. The highest BCUT2D eigenvalue weighted by molar-refractivity contribution is 9.10. The zero-order valence-corrected chi connectivity index (χ0v) is 19.4. The molecule has 10 heteroatoms. The maximum atomic E-state index is 13.1. The molecule has 4 rings (SSSR count). The van der Waals surface area contributed by atoms with Gasteiger partial charge in [0.2, 0.25) is 0 Å². The number of imidazole rings is 1. The van der Waals surface area contributed by atoms with Crippen molar-refractivity contribution in [1.82, 2.24) is 24.2 Å². The average molecular weight is 511 g/mol. The van der Waals surface area contributed by atoms with Gasteiger partial charge < -0.3 is 9.88 Å².